The molecule has 0 spiro atoms. The molecule has 1 rings (SSSR count). The normalized spacial score (nSPS) is 13.8. The number of carbonyl (C=O) groups excluding carboxylic acids is 1. The molecule has 4 nitrogen and oxygen atoms in total. The van der Waals surface area contributed by atoms with Crippen LogP contribution in [0, 0.1) is 5.92 Å². The predicted octanol–water partition coefficient (Wildman–Crippen LogP) is 2.39. The van der Waals surface area contributed by atoms with Crippen LogP contribution in [0.2, 0.25) is 0 Å². The smallest absolute Gasteiger partial charge is 0.314 e. The quantitative estimate of drug-likeness (QED) is 0.686. The molecule has 19 heavy (non-hydrogen) atoms. The lowest BCUT2D eigenvalue weighted by atomic mass is 10.1. The van der Waals surface area contributed by atoms with Gasteiger partial charge in [0.05, 0.1) is 6.10 Å². The number of thiophene rings is 1. The third-order valence-corrected chi connectivity index (χ3v) is 3.76. The van der Waals surface area contributed by atoms with Crippen molar-refractivity contribution in [2.24, 2.45) is 5.92 Å². The Balaban J connectivity index is 2.12. The van der Waals surface area contributed by atoms with Gasteiger partial charge in [-0.1, -0.05) is 26.3 Å². The molecule has 2 atom stereocenters. The van der Waals surface area contributed by atoms with E-state index in [4.69, 9.17) is 0 Å². The topological polar surface area (TPSA) is 61.4 Å². The lowest BCUT2D eigenvalue weighted by molar-refractivity contribution is 0.160. The van der Waals surface area contributed by atoms with E-state index in [2.05, 4.69) is 29.0 Å². The van der Waals surface area contributed by atoms with E-state index in [1.807, 2.05) is 13.0 Å². The maximum Gasteiger partial charge on any atom is 0.314 e. The van der Waals surface area contributed by atoms with Crippen molar-refractivity contribution in [3.05, 3.63) is 22.4 Å². The average Bonchev–Trinajstić information content (AvgIpc) is 2.87. The van der Waals surface area contributed by atoms with Crippen LogP contribution in [0.3, 0.4) is 0 Å². The van der Waals surface area contributed by atoms with Crippen LogP contribution in [0.15, 0.2) is 17.5 Å². The summed E-state index contributed by atoms with van der Waals surface area (Å²) in [5.41, 5.74) is 0. The first kappa shape index (κ1) is 16.0. The number of carbonyl (C=O) groups is 1. The fraction of sp³-hybridized carbons (Fsp3) is 0.643. The zero-order chi connectivity index (χ0) is 14.1. The largest absolute Gasteiger partial charge is 0.391 e. The van der Waals surface area contributed by atoms with Crippen LogP contribution < -0.4 is 10.6 Å². The molecule has 1 heterocycles. The van der Waals surface area contributed by atoms with Crippen molar-refractivity contribution < 1.29 is 9.90 Å². The van der Waals surface area contributed by atoms with Crippen molar-refractivity contribution in [1.29, 1.82) is 0 Å². The minimum absolute atomic E-state index is 0.201. The fourth-order valence-corrected chi connectivity index (χ4v) is 2.69. The number of nitrogens with one attached hydrogen (secondary N) is 2. The van der Waals surface area contributed by atoms with E-state index in [0.29, 0.717) is 19.0 Å². The first-order chi connectivity index (χ1) is 9.11. The molecule has 2 amide bonds. The van der Waals surface area contributed by atoms with Crippen LogP contribution in [0.1, 0.15) is 31.6 Å². The lowest BCUT2D eigenvalue weighted by Crippen LogP contribution is -2.41. The standard InChI is InChI=1S/C14H24N2O2S/c1-3-5-12(17)10-16-14(18)15-9-11(2)8-13-6-4-7-19-13/h4,6-7,11-12,17H,3,5,8-10H2,1-2H3,(H2,15,16,18). The van der Waals surface area contributed by atoms with E-state index in [0.717, 1.165) is 19.3 Å². The third-order valence-electron chi connectivity index (χ3n) is 2.86. The zero-order valence-corrected chi connectivity index (χ0v) is 12.5. The van der Waals surface area contributed by atoms with Crippen LogP contribution in [0.5, 0.6) is 0 Å². The van der Waals surface area contributed by atoms with Crippen molar-refractivity contribution in [3.63, 3.8) is 0 Å². The van der Waals surface area contributed by atoms with Gasteiger partial charge in [0.15, 0.2) is 0 Å². The molecule has 0 saturated heterocycles. The summed E-state index contributed by atoms with van der Waals surface area (Å²) in [4.78, 5) is 12.9. The van der Waals surface area contributed by atoms with E-state index in [1.165, 1.54) is 4.88 Å². The van der Waals surface area contributed by atoms with Crippen molar-refractivity contribution >= 4 is 17.4 Å². The van der Waals surface area contributed by atoms with E-state index in [1.54, 1.807) is 11.3 Å². The van der Waals surface area contributed by atoms with Gasteiger partial charge in [-0.05, 0) is 30.2 Å². The van der Waals surface area contributed by atoms with Gasteiger partial charge in [-0.25, -0.2) is 4.79 Å². The molecule has 0 bridgehead atoms. The average molecular weight is 284 g/mol. The second-order valence-electron chi connectivity index (χ2n) is 4.92. The van der Waals surface area contributed by atoms with Gasteiger partial charge in [-0.15, -0.1) is 11.3 Å². The first-order valence-electron chi connectivity index (χ1n) is 6.84. The van der Waals surface area contributed by atoms with Gasteiger partial charge in [0, 0.05) is 18.0 Å². The molecule has 0 radical (unpaired) electrons. The highest BCUT2D eigenvalue weighted by atomic mass is 32.1. The molecular weight excluding hydrogens is 260 g/mol. The highest BCUT2D eigenvalue weighted by molar-refractivity contribution is 7.09. The zero-order valence-electron chi connectivity index (χ0n) is 11.7. The molecule has 5 heteroatoms. The second-order valence-corrected chi connectivity index (χ2v) is 5.95. The van der Waals surface area contributed by atoms with Gasteiger partial charge in [-0.2, -0.15) is 0 Å². The summed E-state index contributed by atoms with van der Waals surface area (Å²) in [5, 5.41) is 17.1. The maximum absolute atomic E-state index is 11.5. The summed E-state index contributed by atoms with van der Waals surface area (Å²) < 4.78 is 0. The number of aliphatic hydroxyl groups is 1. The SMILES string of the molecule is CCCC(O)CNC(=O)NCC(C)Cc1cccs1. The Labute approximate surface area is 119 Å². The Hall–Kier alpha value is -1.07. The molecule has 3 N–H and O–H groups in total. The molecular formula is C14H24N2O2S. The summed E-state index contributed by atoms with van der Waals surface area (Å²) in [7, 11) is 0. The van der Waals surface area contributed by atoms with Crippen LogP contribution in [-0.4, -0.2) is 30.3 Å². The van der Waals surface area contributed by atoms with Crippen molar-refractivity contribution in [3.8, 4) is 0 Å². The predicted molar refractivity (Wildman–Crippen MR) is 79.5 cm³/mol. The molecule has 0 aliphatic heterocycles. The Morgan fingerprint density at radius 1 is 1.42 bits per heavy atom. The Morgan fingerprint density at radius 2 is 2.16 bits per heavy atom. The summed E-state index contributed by atoms with van der Waals surface area (Å²) in [6.45, 7) is 5.09. The van der Waals surface area contributed by atoms with Crippen LogP contribution in [-0.2, 0) is 6.42 Å². The molecule has 108 valence electrons. The van der Waals surface area contributed by atoms with E-state index >= 15 is 0 Å². The second kappa shape index (κ2) is 8.93. The third kappa shape index (κ3) is 7.18. The molecule has 0 aromatic carbocycles. The number of hydrogen-bond acceptors (Lipinski definition) is 3. The number of amides is 2. The molecule has 0 aliphatic carbocycles. The van der Waals surface area contributed by atoms with Crippen molar-refractivity contribution in [1.82, 2.24) is 10.6 Å². The van der Waals surface area contributed by atoms with Gasteiger partial charge in [-0.3, -0.25) is 0 Å². The minimum atomic E-state index is -0.445. The summed E-state index contributed by atoms with van der Waals surface area (Å²) >= 11 is 1.74. The van der Waals surface area contributed by atoms with Crippen LogP contribution in [0.25, 0.3) is 0 Å². The first-order valence-corrected chi connectivity index (χ1v) is 7.72. The van der Waals surface area contributed by atoms with Gasteiger partial charge in [0.1, 0.15) is 0 Å². The number of urea groups is 1. The molecule has 2 unspecified atom stereocenters. The Kier molecular flexibility index (Phi) is 7.52. The van der Waals surface area contributed by atoms with E-state index < -0.39 is 6.10 Å². The lowest BCUT2D eigenvalue weighted by Gasteiger charge is -2.14. The van der Waals surface area contributed by atoms with E-state index in [9.17, 15) is 9.90 Å². The molecule has 0 aliphatic rings. The van der Waals surface area contributed by atoms with Crippen LogP contribution in [0.4, 0.5) is 4.79 Å². The highest BCUT2D eigenvalue weighted by Gasteiger charge is 2.08. The van der Waals surface area contributed by atoms with Gasteiger partial charge < -0.3 is 15.7 Å². The fourth-order valence-electron chi connectivity index (χ4n) is 1.82. The van der Waals surface area contributed by atoms with Gasteiger partial charge >= 0.3 is 6.03 Å². The summed E-state index contributed by atoms with van der Waals surface area (Å²) in [6.07, 6.45) is 2.17. The van der Waals surface area contributed by atoms with Gasteiger partial charge in [0.2, 0.25) is 0 Å². The monoisotopic (exact) mass is 284 g/mol. The minimum Gasteiger partial charge on any atom is -0.391 e. The molecule has 0 fully saturated rings. The molecule has 1 aromatic rings. The van der Waals surface area contributed by atoms with Crippen molar-refractivity contribution in [2.75, 3.05) is 13.1 Å². The summed E-state index contributed by atoms with van der Waals surface area (Å²) in [5.74, 6) is 0.407. The van der Waals surface area contributed by atoms with Crippen molar-refractivity contribution in [2.45, 2.75) is 39.2 Å². The molecule has 0 saturated carbocycles. The molecule has 1 aromatic heterocycles. The highest BCUT2D eigenvalue weighted by Crippen LogP contribution is 2.13. The van der Waals surface area contributed by atoms with Crippen LogP contribution >= 0.6 is 11.3 Å². The van der Waals surface area contributed by atoms with E-state index in [-0.39, 0.29) is 6.03 Å². The Morgan fingerprint density at radius 3 is 2.79 bits per heavy atom. The van der Waals surface area contributed by atoms with Gasteiger partial charge in [0.25, 0.3) is 0 Å². The maximum atomic E-state index is 11.5. The number of hydrogen-bond donors (Lipinski definition) is 3. The summed E-state index contributed by atoms with van der Waals surface area (Å²) in [6, 6.07) is 3.96. The number of rotatable bonds is 8. The Bertz CT molecular complexity index is 354. The number of aliphatic hydroxyl groups excluding tert-OH is 1.